The molecule has 0 radical (unpaired) electrons. The molecule has 3 N–H and O–H groups in total. The highest BCUT2D eigenvalue weighted by atomic mass is 19.1. The molecular formula is C21H28FNO2. The largest absolute Gasteiger partial charge is 0.483 e. The van der Waals surface area contributed by atoms with E-state index in [9.17, 15) is 9.50 Å². The summed E-state index contributed by atoms with van der Waals surface area (Å²) in [6, 6.07) is 5.65. The highest BCUT2D eigenvalue weighted by molar-refractivity contribution is 5.79. The molecule has 0 amide bonds. The highest BCUT2D eigenvalue weighted by Gasteiger charge is 2.37. The molecule has 1 atom stereocenters. The van der Waals surface area contributed by atoms with E-state index in [2.05, 4.69) is 20.4 Å². The van der Waals surface area contributed by atoms with Crippen molar-refractivity contribution in [3.63, 3.8) is 0 Å². The van der Waals surface area contributed by atoms with Crippen molar-refractivity contribution >= 4 is 5.57 Å². The first-order chi connectivity index (χ1) is 11.8. The van der Waals surface area contributed by atoms with Gasteiger partial charge >= 0.3 is 0 Å². The van der Waals surface area contributed by atoms with Crippen molar-refractivity contribution in [2.24, 2.45) is 11.1 Å². The van der Waals surface area contributed by atoms with E-state index in [1.165, 1.54) is 19.3 Å². The van der Waals surface area contributed by atoms with Crippen LogP contribution in [0.3, 0.4) is 0 Å². The van der Waals surface area contributed by atoms with Crippen LogP contribution in [0.25, 0.3) is 5.57 Å². The summed E-state index contributed by atoms with van der Waals surface area (Å²) in [6.45, 7) is 7.99. The molecule has 0 bridgehead atoms. The van der Waals surface area contributed by atoms with Crippen molar-refractivity contribution in [3.8, 4) is 0 Å². The van der Waals surface area contributed by atoms with Crippen molar-refractivity contribution in [2.45, 2.75) is 45.6 Å². The zero-order valence-corrected chi connectivity index (χ0v) is 15.3. The molecule has 1 aliphatic carbocycles. The molecule has 1 aromatic rings. The molecule has 136 valence electrons. The third-order valence-electron chi connectivity index (χ3n) is 5.18. The highest BCUT2D eigenvalue weighted by Crippen LogP contribution is 2.50. The summed E-state index contributed by atoms with van der Waals surface area (Å²) >= 11 is 0. The third-order valence-corrected chi connectivity index (χ3v) is 5.18. The second-order valence-corrected chi connectivity index (χ2v) is 7.23. The first-order valence-electron chi connectivity index (χ1n) is 8.61. The van der Waals surface area contributed by atoms with Crippen LogP contribution in [0.4, 0.5) is 4.39 Å². The number of nitrogens with two attached hydrogens (primary N) is 1. The molecule has 0 unspecified atom stereocenters. The number of rotatable bonds is 6. The molecule has 1 aliphatic rings. The maximum absolute atomic E-state index is 14.6. The molecular weight excluding hydrogens is 317 g/mol. The Labute approximate surface area is 149 Å². The van der Waals surface area contributed by atoms with Crippen molar-refractivity contribution in [1.82, 2.24) is 0 Å². The second kappa shape index (κ2) is 7.87. The zero-order valence-electron chi connectivity index (χ0n) is 15.3. The van der Waals surface area contributed by atoms with Crippen LogP contribution in [-0.2, 0) is 11.3 Å². The molecule has 0 aliphatic heterocycles. The van der Waals surface area contributed by atoms with Crippen LogP contribution in [0.15, 0.2) is 48.6 Å². The van der Waals surface area contributed by atoms with Gasteiger partial charge in [-0.05, 0) is 46.9 Å². The second-order valence-electron chi connectivity index (χ2n) is 7.23. The number of ether oxygens (including phenoxy) is 1. The number of hydrogen-bond donors (Lipinski definition) is 2. The van der Waals surface area contributed by atoms with E-state index in [0.717, 1.165) is 36.0 Å². The van der Waals surface area contributed by atoms with Crippen molar-refractivity contribution in [1.29, 1.82) is 0 Å². The first kappa shape index (κ1) is 19.3. The van der Waals surface area contributed by atoms with E-state index in [1.807, 2.05) is 18.2 Å². The molecule has 1 saturated carbocycles. The Bertz CT molecular complexity index is 704. The minimum Gasteiger partial charge on any atom is -0.483 e. The predicted octanol–water partition coefficient (Wildman–Crippen LogP) is 4.79. The molecule has 0 heterocycles. The standard InChI is InChI=1S/C21H28FNO2/c1-5-19(22)17(12-20(23)25-4)15-9-8-14(13-24)11-16(15)18-7-6-10-21(18,2)3/h5,8-9,11-12,18,24H,1,6-7,10,13,23H2,2-4H3/b19-17-,20-12+/t18-/m0/s1. The Hall–Kier alpha value is -2.07. The summed E-state index contributed by atoms with van der Waals surface area (Å²) in [5, 5.41) is 9.55. The van der Waals surface area contributed by atoms with Gasteiger partial charge in [-0.2, -0.15) is 0 Å². The van der Waals surface area contributed by atoms with Gasteiger partial charge in [-0.3, -0.25) is 0 Å². The maximum Gasteiger partial charge on any atom is 0.184 e. The summed E-state index contributed by atoms with van der Waals surface area (Å²) in [7, 11) is 1.45. The first-order valence-corrected chi connectivity index (χ1v) is 8.61. The van der Waals surface area contributed by atoms with Gasteiger partial charge in [0.25, 0.3) is 0 Å². The number of benzene rings is 1. The molecule has 25 heavy (non-hydrogen) atoms. The van der Waals surface area contributed by atoms with Gasteiger partial charge < -0.3 is 15.6 Å². The van der Waals surface area contributed by atoms with Crippen LogP contribution in [0.1, 0.15) is 55.7 Å². The number of methoxy groups -OCH3 is 1. The summed E-state index contributed by atoms with van der Waals surface area (Å²) in [6.07, 6.45) is 5.98. The maximum atomic E-state index is 14.6. The molecule has 0 aromatic heterocycles. The summed E-state index contributed by atoms with van der Waals surface area (Å²) in [5.74, 6) is -0.0255. The fraction of sp³-hybridized carbons (Fsp3) is 0.429. The molecule has 1 aromatic carbocycles. The molecule has 4 heteroatoms. The third kappa shape index (κ3) is 4.13. The number of aliphatic hydroxyl groups is 1. The Kier molecular flexibility index (Phi) is 6.07. The van der Waals surface area contributed by atoms with Crippen LogP contribution in [0.2, 0.25) is 0 Å². The minimum atomic E-state index is -0.450. The van der Waals surface area contributed by atoms with E-state index in [-0.39, 0.29) is 17.9 Å². The summed E-state index contributed by atoms with van der Waals surface area (Å²) in [4.78, 5) is 0. The molecule has 1 fully saturated rings. The van der Waals surface area contributed by atoms with Crippen molar-refractivity contribution in [2.75, 3.05) is 7.11 Å². The van der Waals surface area contributed by atoms with Crippen molar-refractivity contribution in [3.05, 3.63) is 65.3 Å². The van der Waals surface area contributed by atoms with Gasteiger partial charge in [0.1, 0.15) is 5.83 Å². The average Bonchev–Trinajstić information content (AvgIpc) is 2.97. The smallest absolute Gasteiger partial charge is 0.184 e. The number of hydrogen-bond acceptors (Lipinski definition) is 3. The quantitative estimate of drug-likeness (QED) is 0.576. The summed E-state index contributed by atoms with van der Waals surface area (Å²) in [5.41, 5.74) is 8.90. The van der Waals surface area contributed by atoms with Gasteiger partial charge in [0, 0.05) is 11.6 Å². The number of halogens is 1. The topological polar surface area (TPSA) is 55.5 Å². The van der Waals surface area contributed by atoms with Gasteiger partial charge in [0.15, 0.2) is 5.88 Å². The Morgan fingerprint density at radius 3 is 2.72 bits per heavy atom. The normalized spacial score (nSPS) is 21.0. The number of allylic oxidation sites excluding steroid dienone is 4. The van der Waals surface area contributed by atoms with Gasteiger partial charge in [-0.25, -0.2) is 4.39 Å². The Morgan fingerprint density at radius 1 is 1.48 bits per heavy atom. The van der Waals surface area contributed by atoms with E-state index >= 15 is 0 Å². The Balaban J connectivity index is 2.69. The lowest BCUT2D eigenvalue weighted by atomic mass is 9.75. The van der Waals surface area contributed by atoms with Gasteiger partial charge in [0.05, 0.1) is 13.7 Å². The van der Waals surface area contributed by atoms with E-state index in [1.54, 1.807) is 0 Å². The minimum absolute atomic E-state index is 0.0422. The molecule has 2 rings (SSSR count). The average molecular weight is 345 g/mol. The van der Waals surface area contributed by atoms with E-state index in [4.69, 9.17) is 10.5 Å². The van der Waals surface area contributed by atoms with E-state index in [0.29, 0.717) is 11.5 Å². The van der Waals surface area contributed by atoms with Crippen molar-refractivity contribution < 1.29 is 14.2 Å². The van der Waals surface area contributed by atoms with Gasteiger partial charge in [-0.1, -0.05) is 45.0 Å². The van der Waals surface area contributed by atoms with E-state index < -0.39 is 5.83 Å². The van der Waals surface area contributed by atoms with Crippen LogP contribution in [-0.4, -0.2) is 12.2 Å². The molecule has 0 saturated heterocycles. The lowest BCUT2D eigenvalue weighted by Crippen LogP contribution is -2.17. The van der Waals surface area contributed by atoms with Crippen LogP contribution >= 0.6 is 0 Å². The fourth-order valence-electron chi connectivity index (χ4n) is 3.73. The molecule has 3 nitrogen and oxygen atoms in total. The number of aliphatic hydroxyl groups excluding tert-OH is 1. The monoisotopic (exact) mass is 345 g/mol. The van der Waals surface area contributed by atoms with Crippen LogP contribution in [0, 0.1) is 5.41 Å². The summed E-state index contributed by atoms with van der Waals surface area (Å²) < 4.78 is 19.6. The van der Waals surface area contributed by atoms with Crippen LogP contribution < -0.4 is 5.73 Å². The van der Waals surface area contributed by atoms with Crippen LogP contribution in [0.5, 0.6) is 0 Å². The lowest BCUT2D eigenvalue weighted by molar-refractivity contribution is 0.281. The SMILES string of the molecule is C=C/C(F)=C(\C=C(/N)OC)c1ccc(CO)cc1[C@@H]1CCCC1(C)C. The Morgan fingerprint density at radius 2 is 2.20 bits per heavy atom. The van der Waals surface area contributed by atoms with Gasteiger partial charge in [0.2, 0.25) is 0 Å². The zero-order chi connectivity index (χ0) is 18.6. The van der Waals surface area contributed by atoms with Gasteiger partial charge in [-0.15, -0.1) is 0 Å². The lowest BCUT2D eigenvalue weighted by Gasteiger charge is -2.30. The predicted molar refractivity (Wildman–Crippen MR) is 100 cm³/mol. The molecule has 0 spiro atoms. The fourth-order valence-corrected chi connectivity index (χ4v) is 3.73.